The van der Waals surface area contributed by atoms with Gasteiger partial charge in [-0.25, -0.2) is 4.68 Å². The largest absolute Gasteiger partial charge is 0.492 e. The third-order valence-electron chi connectivity index (χ3n) is 4.69. The van der Waals surface area contributed by atoms with Gasteiger partial charge in [-0.3, -0.25) is 10.1 Å². The van der Waals surface area contributed by atoms with Crippen molar-refractivity contribution in [3.63, 3.8) is 0 Å². The van der Waals surface area contributed by atoms with Gasteiger partial charge < -0.3 is 15.0 Å². The molecule has 0 radical (unpaired) electrons. The van der Waals surface area contributed by atoms with E-state index in [-0.39, 0.29) is 10.6 Å². The smallest absolute Gasteiger partial charge is 0.333 e. The summed E-state index contributed by atoms with van der Waals surface area (Å²) in [5.41, 5.74) is 0.584. The number of aryl methyl sites for hydroxylation is 2. The Balaban J connectivity index is 1.47. The minimum atomic E-state index is -0.330. The second-order valence-electron chi connectivity index (χ2n) is 6.52. The molecule has 140 valence electrons. The maximum atomic E-state index is 11.4. The molecule has 0 bridgehead atoms. The molecule has 3 rings (SSSR count). The normalized spacial score (nSPS) is 15.2. The van der Waals surface area contributed by atoms with Gasteiger partial charge in [-0.05, 0) is 31.9 Å². The fraction of sp³-hybridized carbons (Fsp3) is 0.500. The van der Waals surface area contributed by atoms with E-state index >= 15 is 0 Å². The number of nitro groups is 1. The number of nitrogens with one attached hydrogen (secondary N) is 1. The van der Waals surface area contributed by atoms with Crippen molar-refractivity contribution >= 4 is 11.5 Å². The number of anilines is 1. The van der Waals surface area contributed by atoms with E-state index < -0.39 is 0 Å². The molecule has 26 heavy (non-hydrogen) atoms. The van der Waals surface area contributed by atoms with Crippen LogP contribution in [0.25, 0.3) is 0 Å². The molecular weight excluding hydrogens is 334 g/mol. The highest BCUT2D eigenvalue weighted by Crippen LogP contribution is 2.32. The number of aromatic nitrogens is 2. The van der Waals surface area contributed by atoms with E-state index in [4.69, 9.17) is 4.74 Å². The summed E-state index contributed by atoms with van der Waals surface area (Å²) in [7, 11) is 1.76. The Kier molecular flexibility index (Phi) is 5.72. The van der Waals surface area contributed by atoms with E-state index in [1.54, 1.807) is 18.7 Å². The van der Waals surface area contributed by atoms with Crippen molar-refractivity contribution in [3.8, 4) is 5.75 Å². The highest BCUT2D eigenvalue weighted by atomic mass is 16.6. The van der Waals surface area contributed by atoms with Gasteiger partial charge in [-0.2, -0.15) is 5.10 Å². The zero-order valence-corrected chi connectivity index (χ0v) is 15.2. The maximum absolute atomic E-state index is 11.4. The van der Waals surface area contributed by atoms with Gasteiger partial charge in [0.25, 0.3) is 0 Å². The predicted molar refractivity (Wildman–Crippen MR) is 99.8 cm³/mol. The monoisotopic (exact) mass is 359 g/mol. The van der Waals surface area contributed by atoms with Crippen LogP contribution in [0, 0.1) is 17.0 Å². The molecule has 1 aliphatic heterocycles. The number of ether oxygens (including phenoxy) is 1. The van der Waals surface area contributed by atoms with E-state index in [2.05, 4.69) is 15.3 Å². The second kappa shape index (κ2) is 8.18. The summed E-state index contributed by atoms with van der Waals surface area (Å²) >= 11 is 0. The average Bonchev–Trinajstić information content (AvgIpc) is 2.94. The van der Waals surface area contributed by atoms with Crippen LogP contribution >= 0.6 is 0 Å². The molecule has 1 fully saturated rings. The average molecular weight is 359 g/mol. The van der Waals surface area contributed by atoms with Crippen LogP contribution in [0.4, 0.5) is 11.5 Å². The Hall–Kier alpha value is -2.61. The summed E-state index contributed by atoms with van der Waals surface area (Å²) in [4.78, 5) is 13.1. The molecule has 1 aromatic carbocycles. The fourth-order valence-electron chi connectivity index (χ4n) is 3.45. The van der Waals surface area contributed by atoms with Crippen LogP contribution in [0.5, 0.6) is 5.75 Å². The minimum absolute atomic E-state index is 0.121. The number of benzene rings is 1. The molecule has 0 amide bonds. The zero-order valence-electron chi connectivity index (χ0n) is 15.2. The second-order valence-corrected chi connectivity index (χ2v) is 6.52. The Morgan fingerprint density at radius 3 is 2.65 bits per heavy atom. The molecule has 0 aliphatic carbocycles. The molecule has 0 unspecified atom stereocenters. The third kappa shape index (κ3) is 4.13. The number of piperidine rings is 1. The Morgan fingerprint density at radius 1 is 1.31 bits per heavy atom. The maximum Gasteiger partial charge on any atom is 0.333 e. The van der Waals surface area contributed by atoms with Crippen LogP contribution < -0.4 is 15.0 Å². The molecule has 1 aromatic heterocycles. The van der Waals surface area contributed by atoms with Crippen molar-refractivity contribution in [2.24, 2.45) is 7.05 Å². The van der Waals surface area contributed by atoms with E-state index in [0.29, 0.717) is 24.2 Å². The molecule has 2 aromatic rings. The van der Waals surface area contributed by atoms with Crippen LogP contribution in [-0.4, -0.2) is 47.0 Å². The lowest BCUT2D eigenvalue weighted by Gasteiger charge is -2.33. The number of para-hydroxylation sites is 1. The van der Waals surface area contributed by atoms with Crippen molar-refractivity contribution in [2.75, 3.05) is 31.1 Å². The Labute approximate surface area is 152 Å². The van der Waals surface area contributed by atoms with Gasteiger partial charge in [-0.1, -0.05) is 18.2 Å². The van der Waals surface area contributed by atoms with Crippen LogP contribution in [0.1, 0.15) is 18.5 Å². The Bertz CT molecular complexity index is 739. The van der Waals surface area contributed by atoms with Crippen LogP contribution in [0.2, 0.25) is 0 Å². The van der Waals surface area contributed by atoms with Crippen molar-refractivity contribution in [3.05, 3.63) is 46.1 Å². The highest BCUT2D eigenvalue weighted by Gasteiger charge is 2.30. The van der Waals surface area contributed by atoms with E-state index in [1.807, 2.05) is 30.3 Å². The van der Waals surface area contributed by atoms with Gasteiger partial charge in [0.1, 0.15) is 18.1 Å². The first-order valence-electron chi connectivity index (χ1n) is 8.90. The summed E-state index contributed by atoms with van der Waals surface area (Å²) in [6.45, 7) is 4.64. The first-order valence-corrected chi connectivity index (χ1v) is 8.90. The van der Waals surface area contributed by atoms with E-state index in [1.165, 1.54) is 0 Å². The standard InChI is InChI=1S/C18H25N5O3/c1-14-17(23(24)25)18(21(2)20-14)22-11-8-15(9-12-22)19-10-13-26-16-6-4-3-5-7-16/h3-7,15,19H,8-13H2,1-2H3. The fourth-order valence-corrected chi connectivity index (χ4v) is 3.45. The van der Waals surface area contributed by atoms with Gasteiger partial charge in [0.05, 0.1) is 4.92 Å². The van der Waals surface area contributed by atoms with E-state index in [9.17, 15) is 10.1 Å². The number of nitrogens with zero attached hydrogens (tertiary/aromatic N) is 4. The molecule has 8 nitrogen and oxygen atoms in total. The number of rotatable bonds is 7. The van der Waals surface area contributed by atoms with E-state index in [0.717, 1.165) is 38.2 Å². The number of hydrogen-bond acceptors (Lipinski definition) is 6. The summed E-state index contributed by atoms with van der Waals surface area (Å²) in [5, 5.41) is 19.1. The summed E-state index contributed by atoms with van der Waals surface area (Å²) < 4.78 is 7.31. The zero-order chi connectivity index (χ0) is 18.5. The van der Waals surface area contributed by atoms with Crippen LogP contribution in [0.15, 0.2) is 30.3 Å². The van der Waals surface area contributed by atoms with Gasteiger partial charge >= 0.3 is 5.69 Å². The van der Waals surface area contributed by atoms with Crippen molar-refractivity contribution in [1.82, 2.24) is 15.1 Å². The molecule has 8 heteroatoms. The summed E-state index contributed by atoms with van der Waals surface area (Å²) in [5.74, 6) is 1.49. The minimum Gasteiger partial charge on any atom is -0.492 e. The summed E-state index contributed by atoms with van der Waals surface area (Å²) in [6.07, 6.45) is 1.87. The Morgan fingerprint density at radius 2 is 2.00 bits per heavy atom. The first-order chi connectivity index (χ1) is 12.6. The van der Waals surface area contributed by atoms with Gasteiger partial charge in [0.2, 0.25) is 5.82 Å². The first kappa shape index (κ1) is 18.2. The predicted octanol–water partition coefficient (Wildman–Crippen LogP) is 2.27. The molecule has 1 aliphatic rings. The molecule has 0 saturated carbocycles. The SMILES string of the molecule is Cc1nn(C)c(N2CCC(NCCOc3ccccc3)CC2)c1[N+](=O)[O-]. The molecule has 0 atom stereocenters. The topological polar surface area (TPSA) is 85.5 Å². The van der Waals surface area contributed by atoms with Gasteiger partial charge in [0, 0.05) is 32.7 Å². The number of hydrogen-bond donors (Lipinski definition) is 1. The molecule has 2 heterocycles. The lowest BCUT2D eigenvalue weighted by Crippen LogP contribution is -2.44. The molecular formula is C18H25N5O3. The van der Waals surface area contributed by atoms with Crippen molar-refractivity contribution in [2.45, 2.75) is 25.8 Å². The van der Waals surface area contributed by atoms with Gasteiger partial charge in [0.15, 0.2) is 0 Å². The molecule has 1 N–H and O–H groups in total. The van der Waals surface area contributed by atoms with Crippen molar-refractivity contribution in [1.29, 1.82) is 0 Å². The lowest BCUT2D eigenvalue weighted by molar-refractivity contribution is -0.384. The van der Waals surface area contributed by atoms with Crippen LogP contribution in [0.3, 0.4) is 0 Å². The summed E-state index contributed by atoms with van der Waals surface area (Å²) in [6, 6.07) is 10.2. The quantitative estimate of drug-likeness (QED) is 0.464. The third-order valence-corrected chi connectivity index (χ3v) is 4.69. The molecule has 1 saturated heterocycles. The van der Waals surface area contributed by atoms with Crippen LogP contribution in [-0.2, 0) is 7.05 Å². The van der Waals surface area contributed by atoms with Crippen molar-refractivity contribution < 1.29 is 9.66 Å². The van der Waals surface area contributed by atoms with Gasteiger partial charge in [-0.15, -0.1) is 0 Å². The lowest BCUT2D eigenvalue weighted by atomic mass is 10.0. The molecule has 0 spiro atoms. The highest BCUT2D eigenvalue weighted by molar-refractivity contribution is 5.61.